The number of hydrogen-bond donors (Lipinski definition) is 1. The normalized spacial score (nSPS) is 21.6. The van der Waals surface area contributed by atoms with Crippen molar-refractivity contribution in [2.24, 2.45) is 0 Å². The second-order valence-electron chi connectivity index (χ2n) is 5.19. The summed E-state index contributed by atoms with van der Waals surface area (Å²) in [5, 5.41) is 0.411. The lowest BCUT2D eigenvalue weighted by Gasteiger charge is -2.25. The van der Waals surface area contributed by atoms with Crippen LogP contribution in [0.5, 0.6) is 5.75 Å². The van der Waals surface area contributed by atoms with Crippen LogP contribution in [-0.2, 0) is 4.57 Å². The van der Waals surface area contributed by atoms with Crippen LogP contribution in [0.25, 0.3) is 11.1 Å². The van der Waals surface area contributed by atoms with E-state index >= 15 is 0 Å². The molecule has 104 valence electrons. The van der Waals surface area contributed by atoms with Gasteiger partial charge in [0.2, 0.25) is 0 Å². The van der Waals surface area contributed by atoms with Crippen molar-refractivity contribution in [1.29, 1.82) is 0 Å². The monoisotopic (exact) mass is 288 g/mol. The van der Waals surface area contributed by atoms with Crippen molar-refractivity contribution >= 4 is 12.9 Å². The van der Waals surface area contributed by atoms with Crippen molar-refractivity contribution in [2.75, 3.05) is 0 Å². The molecule has 0 aliphatic carbocycles. The molecule has 1 N–H and O–H groups in total. The van der Waals surface area contributed by atoms with E-state index in [1.54, 1.807) is 12.1 Å². The summed E-state index contributed by atoms with van der Waals surface area (Å²) < 4.78 is 17.7. The minimum absolute atomic E-state index is 0.359. The molecule has 1 aliphatic rings. The Hall–Kier alpha value is -1.57. The molecular weight excluding hydrogens is 271 g/mol. The van der Waals surface area contributed by atoms with E-state index in [0.717, 1.165) is 23.1 Å². The van der Waals surface area contributed by atoms with Gasteiger partial charge in [-0.25, -0.2) is 4.57 Å². The molecule has 0 radical (unpaired) electrons. The van der Waals surface area contributed by atoms with Crippen LogP contribution in [-0.4, -0.2) is 4.89 Å². The van der Waals surface area contributed by atoms with Gasteiger partial charge in [0, 0.05) is 11.1 Å². The molecule has 2 unspecified atom stereocenters. The summed E-state index contributed by atoms with van der Waals surface area (Å²) in [5.41, 5.74) is 2.74. The van der Waals surface area contributed by atoms with E-state index in [9.17, 15) is 9.46 Å². The van der Waals surface area contributed by atoms with Crippen LogP contribution in [0.1, 0.15) is 31.7 Å². The second kappa shape index (κ2) is 4.76. The van der Waals surface area contributed by atoms with Gasteiger partial charge in [0.1, 0.15) is 5.75 Å². The molecule has 4 heteroatoms. The van der Waals surface area contributed by atoms with Gasteiger partial charge in [0.15, 0.2) is 0 Å². The molecule has 2 aromatic rings. The van der Waals surface area contributed by atoms with E-state index in [2.05, 4.69) is 13.8 Å². The maximum absolute atomic E-state index is 12.4. The van der Waals surface area contributed by atoms with Gasteiger partial charge in [-0.3, -0.25) is 0 Å². The average molecular weight is 288 g/mol. The number of hydrogen-bond acceptors (Lipinski definition) is 2. The SMILES string of the molecule is CCC(C)c1ccc2c(c1)P(=O)(O)Oc1ccccc1-2. The Kier molecular flexibility index (Phi) is 3.19. The summed E-state index contributed by atoms with van der Waals surface area (Å²) in [4.78, 5) is 10.2. The van der Waals surface area contributed by atoms with Crippen LogP contribution < -0.4 is 9.83 Å². The summed E-state index contributed by atoms with van der Waals surface area (Å²) in [6.45, 7) is 4.22. The van der Waals surface area contributed by atoms with Gasteiger partial charge < -0.3 is 9.42 Å². The lowest BCUT2D eigenvalue weighted by molar-refractivity contribution is 0.392. The van der Waals surface area contributed by atoms with Gasteiger partial charge in [-0.05, 0) is 30.0 Å². The van der Waals surface area contributed by atoms with Gasteiger partial charge >= 0.3 is 7.60 Å². The smallest absolute Gasteiger partial charge is 0.408 e. The zero-order chi connectivity index (χ0) is 14.3. The van der Waals surface area contributed by atoms with E-state index < -0.39 is 7.60 Å². The third-order valence-corrected chi connectivity index (χ3v) is 5.33. The summed E-state index contributed by atoms with van der Waals surface area (Å²) in [6, 6.07) is 13.1. The first-order chi connectivity index (χ1) is 9.53. The Morgan fingerprint density at radius 1 is 1.20 bits per heavy atom. The maximum atomic E-state index is 12.4. The van der Waals surface area contributed by atoms with Gasteiger partial charge in [-0.1, -0.05) is 44.2 Å². The first-order valence-corrected chi connectivity index (χ1v) is 8.37. The van der Waals surface area contributed by atoms with Crippen molar-refractivity contribution in [1.82, 2.24) is 0 Å². The van der Waals surface area contributed by atoms with Gasteiger partial charge in [0.25, 0.3) is 0 Å². The van der Waals surface area contributed by atoms with E-state index in [1.807, 2.05) is 30.3 Å². The topological polar surface area (TPSA) is 46.5 Å². The van der Waals surface area contributed by atoms with Crippen molar-refractivity contribution in [2.45, 2.75) is 26.2 Å². The second-order valence-corrected chi connectivity index (χ2v) is 6.90. The number of benzene rings is 2. The third-order valence-electron chi connectivity index (χ3n) is 3.91. The average Bonchev–Trinajstić information content (AvgIpc) is 2.45. The Bertz CT molecular complexity index is 709. The minimum Gasteiger partial charge on any atom is -0.421 e. The quantitative estimate of drug-likeness (QED) is 0.847. The molecule has 0 saturated heterocycles. The molecule has 0 fully saturated rings. The first-order valence-electron chi connectivity index (χ1n) is 6.79. The van der Waals surface area contributed by atoms with Crippen molar-refractivity contribution < 1.29 is 14.0 Å². The predicted molar refractivity (Wildman–Crippen MR) is 80.7 cm³/mol. The van der Waals surface area contributed by atoms with Gasteiger partial charge in [0.05, 0.1) is 5.30 Å². The van der Waals surface area contributed by atoms with E-state index in [0.29, 0.717) is 17.0 Å². The highest BCUT2D eigenvalue weighted by molar-refractivity contribution is 7.62. The Labute approximate surface area is 118 Å². The molecule has 1 heterocycles. The van der Waals surface area contributed by atoms with Crippen LogP contribution in [0.4, 0.5) is 0 Å². The first kappa shape index (κ1) is 13.4. The Morgan fingerprint density at radius 2 is 1.95 bits per heavy atom. The van der Waals surface area contributed by atoms with Crippen molar-refractivity contribution in [3.05, 3.63) is 48.0 Å². The van der Waals surface area contributed by atoms with Gasteiger partial charge in [-0.15, -0.1) is 0 Å². The van der Waals surface area contributed by atoms with Crippen molar-refractivity contribution in [3.8, 4) is 16.9 Å². The highest BCUT2D eigenvalue weighted by Gasteiger charge is 2.34. The highest BCUT2D eigenvalue weighted by atomic mass is 31.2. The summed E-state index contributed by atoms with van der Waals surface area (Å²) in [6.07, 6.45) is 0.992. The summed E-state index contributed by atoms with van der Waals surface area (Å²) in [5.74, 6) is 0.833. The molecule has 0 aromatic heterocycles. The molecule has 0 saturated carbocycles. The third kappa shape index (κ3) is 2.07. The number of fused-ring (bicyclic) bond motifs is 3. The predicted octanol–water partition coefficient (Wildman–Crippen LogP) is 4.07. The molecule has 20 heavy (non-hydrogen) atoms. The largest absolute Gasteiger partial charge is 0.421 e. The number of rotatable bonds is 2. The molecule has 1 aliphatic heterocycles. The molecule has 3 rings (SSSR count). The van der Waals surface area contributed by atoms with E-state index in [4.69, 9.17) is 4.52 Å². The minimum atomic E-state index is -3.79. The van der Waals surface area contributed by atoms with Crippen LogP contribution >= 0.6 is 7.60 Å². The van der Waals surface area contributed by atoms with Crippen molar-refractivity contribution in [3.63, 3.8) is 0 Å². The maximum Gasteiger partial charge on any atom is 0.408 e. The standard InChI is InChI=1S/C16H17O3P/c1-3-11(2)12-8-9-14-13-6-4-5-7-15(13)19-20(17,18)16(14)10-12/h4-11H,3H2,1-2H3,(H,17,18). The molecular formula is C16H17O3P. The van der Waals surface area contributed by atoms with Crippen LogP contribution in [0.15, 0.2) is 42.5 Å². The van der Waals surface area contributed by atoms with E-state index in [1.165, 1.54) is 0 Å². The number of para-hydroxylation sites is 1. The molecule has 2 atom stereocenters. The zero-order valence-corrected chi connectivity index (χ0v) is 12.4. The van der Waals surface area contributed by atoms with E-state index in [-0.39, 0.29) is 0 Å². The van der Waals surface area contributed by atoms with Gasteiger partial charge in [-0.2, -0.15) is 0 Å². The highest BCUT2D eigenvalue weighted by Crippen LogP contribution is 2.51. The van der Waals surface area contributed by atoms with Crippen LogP contribution in [0.2, 0.25) is 0 Å². The Balaban J connectivity index is 2.23. The molecule has 0 bridgehead atoms. The molecule has 2 aromatic carbocycles. The van der Waals surface area contributed by atoms with Crippen LogP contribution in [0, 0.1) is 0 Å². The molecule has 3 nitrogen and oxygen atoms in total. The van der Waals surface area contributed by atoms with Crippen LogP contribution in [0.3, 0.4) is 0 Å². The fraction of sp³-hybridized carbons (Fsp3) is 0.250. The fourth-order valence-electron chi connectivity index (χ4n) is 2.50. The lowest BCUT2D eigenvalue weighted by Crippen LogP contribution is -2.18. The molecule has 0 amide bonds. The molecule has 0 spiro atoms. The Morgan fingerprint density at radius 3 is 2.70 bits per heavy atom. The lowest BCUT2D eigenvalue weighted by atomic mass is 9.95. The summed E-state index contributed by atoms with van der Waals surface area (Å²) in [7, 11) is -3.79. The zero-order valence-electron chi connectivity index (χ0n) is 11.5. The summed E-state index contributed by atoms with van der Waals surface area (Å²) >= 11 is 0. The fourth-order valence-corrected chi connectivity index (χ4v) is 3.84.